The Kier molecular flexibility index (Phi) is 3.25. The second kappa shape index (κ2) is 5.32. The zero-order valence-corrected chi connectivity index (χ0v) is 13.3. The van der Waals surface area contributed by atoms with Crippen molar-refractivity contribution in [1.82, 2.24) is 41.7 Å². The number of guanidine groups is 2. The molecule has 4 unspecified atom stereocenters. The molecule has 0 aromatic heterocycles. The Bertz CT molecular complexity index is 579. The number of fused-ring (bicyclic) bond motifs is 2. The second-order valence-corrected chi connectivity index (χ2v) is 6.00. The molecule has 0 aromatic carbocycles. The predicted octanol–water partition coefficient (Wildman–Crippen LogP) is -3.30. The number of hydrogen-bond acceptors (Lipinski definition) is 4. The molecule has 4 aliphatic rings. The van der Waals surface area contributed by atoms with Gasteiger partial charge in [-0.2, -0.15) is 0 Å². The first kappa shape index (κ1) is 14.7. The molecule has 0 spiro atoms. The van der Waals surface area contributed by atoms with E-state index in [-0.39, 0.29) is 36.7 Å². The van der Waals surface area contributed by atoms with Gasteiger partial charge in [-0.1, -0.05) is 0 Å². The molecule has 0 aliphatic carbocycles. The summed E-state index contributed by atoms with van der Waals surface area (Å²) in [5.74, 6) is 1.29. The Labute approximate surface area is 138 Å². The molecule has 6 N–H and O–H groups in total. The van der Waals surface area contributed by atoms with Crippen molar-refractivity contribution >= 4 is 24.0 Å². The fraction of sp³-hybridized carbons (Fsp3) is 0.667. The minimum atomic E-state index is -0.163. The van der Waals surface area contributed by atoms with E-state index in [4.69, 9.17) is 0 Å². The predicted molar refractivity (Wildman–Crippen MR) is 84.9 cm³/mol. The van der Waals surface area contributed by atoms with Crippen molar-refractivity contribution in [3.63, 3.8) is 0 Å². The van der Waals surface area contributed by atoms with Gasteiger partial charge >= 0.3 is 12.1 Å². The normalized spacial score (nSPS) is 36.8. The molecule has 0 bridgehead atoms. The first-order valence-electron chi connectivity index (χ1n) is 7.74. The Hall–Kier alpha value is -2.92. The third kappa shape index (κ3) is 2.30. The molecule has 24 heavy (non-hydrogen) atoms. The summed E-state index contributed by atoms with van der Waals surface area (Å²) < 4.78 is 0. The van der Waals surface area contributed by atoms with Gasteiger partial charge in [0.15, 0.2) is 11.9 Å². The van der Waals surface area contributed by atoms with E-state index in [1.807, 2.05) is 0 Å². The maximum absolute atomic E-state index is 11.5. The van der Waals surface area contributed by atoms with E-state index in [9.17, 15) is 9.59 Å². The molecule has 4 aliphatic heterocycles. The number of rotatable bonds is 3. The van der Waals surface area contributed by atoms with E-state index in [1.165, 1.54) is 0 Å². The number of amides is 4. The Morgan fingerprint density at radius 2 is 1.17 bits per heavy atom. The summed E-state index contributed by atoms with van der Waals surface area (Å²) in [7, 11) is 3.46. The third-order valence-corrected chi connectivity index (χ3v) is 4.46. The van der Waals surface area contributed by atoms with Gasteiger partial charge in [0.1, 0.15) is 24.7 Å². The fourth-order valence-corrected chi connectivity index (χ4v) is 3.08. The first-order chi connectivity index (χ1) is 11.5. The van der Waals surface area contributed by atoms with E-state index in [2.05, 4.69) is 41.9 Å². The van der Waals surface area contributed by atoms with Crippen LogP contribution in [-0.2, 0) is 0 Å². The molecule has 12 nitrogen and oxygen atoms in total. The van der Waals surface area contributed by atoms with Gasteiger partial charge < -0.3 is 41.7 Å². The summed E-state index contributed by atoms with van der Waals surface area (Å²) in [6, 6.07) is -0.229. The van der Waals surface area contributed by atoms with Crippen molar-refractivity contribution in [1.29, 1.82) is 0 Å². The first-order valence-corrected chi connectivity index (χ1v) is 7.74. The highest BCUT2D eigenvalue weighted by atomic mass is 16.2. The summed E-state index contributed by atoms with van der Waals surface area (Å²) >= 11 is 0. The standard InChI is InChI=1S/C12H20N10O2/c1-21-7-5(17-11(21)23)15-9(19-7)13-3-4-14-10-16-6-8(20-10)22(2)12(24)18-6/h5-8H,3-4H2,1-2H3,(H,17,23)(H,18,24)(H2,13,15,19)(H2,14,16,20). The molecular formula is C12H20N10O2. The van der Waals surface area contributed by atoms with Gasteiger partial charge in [-0.05, 0) is 0 Å². The van der Waals surface area contributed by atoms with Gasteiger partial charge in [0.05, 0.1) is 13.1 Å². The highest BCUT2D eigenvalue weighted by molar-refractivity contribution is 5.88. The van der Waals surface area contributed by atoms with Crippen molar-refractivity contribution in [3.05, 3.63) is 0 Å². The minimum absolute atomic E-state index is 0.114. The van der Waals surface area contributed by atoms with E-state index in [0.29, 0.717) is 25.0 Å². The van der Waals surface area contributed by atoms with Crippen LogP contribution < -0.4 is 31.9 Å². The molecule has 0 saturated carbocycles. The summed E-state index contributed by atoms with van der Waals surface area (Å²) in [4.78, 5) is 34.9. The highest BCUT2D eigenvalue weighted by Crippen LogP contribution is 2.12. The number of nitrogens with one attached hydrogen (secondary N) is 6. The second-order valence-electron chi connectivity index (χ2n) is 6.00. The van der Waals surface area contributed by atoms with Crippen LogP contribution in [-0.4, -0.2) is 85.6 Å². The quantitative estimate of drug-likeness (QED) is 0.299. The lowest BCUT2D eigenvalue weighted by molar-refractivity contribution is 0.213. The largest absolute Gasteiger partial charge is 0.333 e. The lowest BCUT2D eigenvalue weighted by Crippen LogP contribution is -2.41. The molecular weight excluding hydrogens is 316 g/mol. The lowest BCUT2D eigenvalue weighted by atomic mass is 10.4. The van der Waals surface area contributed by atoms with Crippen LogP contribution in [0.3, 0.4) is 0 Å². The molecule has 4 amide bonds. The van der Waals surface area contributed by atoms with Crippen molar-refractivity contribution < 1.29 is 9.59 Å². The van der Waals surface area contributed by atoms with Crippen LogP contribution in [0.1, 0.15) is 0 Å². The molecule has 4 heterocycles. The van der Waals surface area contributed by atoms with Crippen LogP contribution in [0.4, 0.5) is 9.59 Å². The minimum Gasteiger partial charge on any atom is -0.333 e. The van der Waals surface area contributed by atoms with E-state index < -0.39 is 0 Å². The average Bonchev–Trinajstić information content (AvgIpc) is 3.24. The maximum atomic E-state index is 11.5. The number of likely N-dealkylation sites (N-methyl/N-ethyl adjacent to an activating group) is 2. The van der Waals surface area contributed by atoms with Crippen molar-refractivity contribution in [2.24, 2.45) is 9.98 Å². The topological polar surface area (TPSA) is 138 Å². The zero-order valence-electron chi connectivity index (χ0n) is 13.3. The average molecular weight is 336 g/mol. The molecule has 0 radical (unpaired) electrons. The molecule has 130 valence electrons. The monoisotopic (exact) mass is 336 g/mol. The van der Waals surface area contributed by atoms with Gasteiger partial charge in [-0.25, -0.2) is 9.59 Å². The number of carbonyl (C=O) groups is 2. The maximum Gasteiger partial charge on any atom is 0.320 e. The third-order valence-electron chi connectivity index (χ3n) is 4.46. The van der Waals surface area contributed by atoms with E-state index in [0.717, 1.165) is 0 Å². The molecule has 12 heteroatoms. The van der Waals surface area contributed by atoms with Gasteiger partial charge in [0.25, 0.3) is 0 Å². The SMILES string of the molecule is CN1C(=O)NC2NC(=NCCN=C3NC4NC(=O)N(C)C4N3)NC21. The van der Waals surface area contributed by atoms with Crippen LogP contribution >= 0.6 is 0 Å². The van der Waals surface area contributed by atoms with Crippen molar-refractivity contribution in [3.8, 4) is 0 Å². The highest BCUT2D eigenvalue weighted by Gasteiger charge is 2.43. The van der Waals surface area contributed by atoms with Gasteiger partial charge in [0.2, 0.25) is 0 Å². The number of urea groups is 2. The number of carbonyl (C=O) groups excluding carboxylic acids is 2. The summed E-state index contributed by atoms with van der Waals surface area (Å²) in [6.07, 6.45) is -0.577. The Morgan fingerprint density at radius 3 is 1.54 bits per heavy atom. The number of hydrogen-bond donors (Lipinski definition) is 6. The summed E-state index contributed by atoms with van der Waals surface area (Å²) in [6.45, 7) is 0.994. The smallest absolute Gasteiger partial charge is 0.320 e. The fourth-order valence-electron chi connectivity index (χ4n) is 3.08. The number of nitrogens with zero attached hydrogens (tertiary/aromatic N) is 4. The Balaban J connectivity index is 1.26. The molecule has 4 saturated heterocycles. The van der Waals surface area contributed by atoms with E-state index >= 15 is 0 Å². The van der Waals surface area contributed by atoms with E-state index in [1.54, 1.807) is 23.9 Å². The van der Waals surface area contributed by atoms with Crippen LogP contribution in [0.25, 0.3) is 0 Å². The zero-order chi connectivity index (χ0) is 16.8. The van der Waals surface area contributed by atoms with Crippen LogP contribution in [0.15, 0.2) is 9.98 Å². The van der Waals surface area contributed by atoms with Crippen LogP contribution in [0, 0.1) is 0 Å². The lowest BCUT2D eigenvalue weighted by Gasteiger charge is -2.15. The molecule has 4 rings (SSSR count). The van der Waals surface area contributed by atoms with Gasteiger partial charge in [-0.15, -0.1) is 0 Å². The molecule has 4 atom stereocenters. The molecule has 0 aromatic rings. The summed E-state index contributed by atoms with van der Waals surface area (Å²) in [5.41, 5.74) is 0. The van der Waals surface area contributed by atoms with Gasteiger partial charge in [0, 0.05) is 14.1 Å². The van der Waals surface area contributed by atoms with Crippen LogP contribution in [0.2, 0.25) is 0 Å². The molecule has 4 fully saturated rings. The number of aliphatic imine (C=N–C) groups is 2. The Morgan fingerprint density at radius 1 is 0.750 bits per heavy atom. The van der Waals surface area contributed by atoms with Crippen LogP contribution in [0.5, 0.6) is 0 Å². The summed E-state index contributed by atoms with van der Waals surface area (Å²) in [5, 5.41) is 18.2. The van der Waals surface area contributed by atoms with Crippen molar-refractivity contribution in [2.45, 2.75) is 24.7 Å². The van der Waals surface area contributed by atoms with Crippen molar-refractivity contribution in [2.75, 3.05) is 27.2 Å². The van der Waals surface area contributed by atoms with Gasteiger partial charge in [-0.3, -0.25) is 9.98 Å².